The minimum absolute atomic E-state index is 0.186. The van der Waals surface area contributed by atoms with Crippen LogP contribution in [0.15, 0.2) is 24.3 Å². The minimum Gasteiger partial charge on any atom is -0.481 e. The van der Waals surface area contributed by atoms with Gasteiger partial charge < -0.3 is 15.5 Å². The molecule has 0 radical (unpaired) electrons. The summed E-state index contributed by atoms with van der Waals surface area (Å²) in [5.74, 6) is -1.73. The molecule has 0 fully saturated rings. The van der Waals surface area contributed by atoms with Crippen molar-refractivity contribution in [1.29, 1.82) is 0 Å². The number of hydrogen-bond acceptors (Lipinski definition) is 3. The molecule has 0 aromatic heterocycles. The van der Waals surface area contributed by atoms with Crippen LogP contribution in [0.2, 0.25) is 0 Å². The van der Waals surface area contributed by atoms with E-state index in [1.54, 1.807) is 24.3 Å². The molecule has 0 saturated heterocycles. The molecule has 0 aliphatic heterocycles. The van der Waals surface area contributed by atoms with Crippen molar-refractivity contribution in [2.24, 2.45) is 0 Å². The van der Waals surface area contributed by atoms with E-state index in [1.165, 1.54) is 0 Å². The van der Waals surface area contributed by atoms with Crippen molar-refractivity contribution < 1.29 is 19.8 Å². The van der Waals surface area contributed by atoms with Crippen LogP contribution in [-0.4, -0.2) is 28.7 Å². The molecule has 1 aromatic carbocycles. The lowest BCUT2D eigenvalue weighted by Gasteiger charge is -2.08. The Morgan fingerprint density at radius 3 is 2.44 bits per heavy atom. The van der Waals surface area contributed by atoms with Crippen LogP contribution in [0.3, 0.4) is 0 Å². The Bertz CT molecular complexity index is 417. The predicted octanol–water partition coefficient (Wildman–Crippen LogP) is 2.44. The fourth-order valence-electron chi connectivity index (χ4n) is 1.62. The van der Waals surface area contributed by atoms with Crippen molar-refractivity contribution in [3.05, 3.63) is 29.8 Å². The summed E-state index contributed by atoms with van der Waals surface area (Å²) in [6.07, 6.45) is 2.47. The van der Waals surface area contributed by atoms with Crippen molar-refractivity contribution in [3.8, 4) is 0 Å². The molecule has 0 amide bonds. The number of carboxylic acid groups (broad SMARTS) is 2. The lowest BCUT2D eigenvalue weighted by Crippen LogP contribution is -2.07. The maximum Gasteiger partial charge on any atom is 0.337 e. The zero-order chi connectivity index (χ0) is 13.4. The van der Waals surface area contributed by atoms with Crippen LogP contribution in [0.4, 0.5) is 5.69 Å². The number of hydrogen-bond donors (Lipinski definition) is 3. The fourth-order valence-corrected chi connectivity index (χ4v) is 1.62. The van der Waals surface area contributed by atoms with Crippen LogP contribution < -0.4 is 5.32 Å². The van der Waals surface area contributed by atoms with Gasteiger partial charge in [0.1, 0.15) is 0 Å². The molecular formula is C13H17NO4. The lowest BCUT2D eigenvalue weighted by atomic mass is 10.1. The fraction of sp³-hybridized carbons (Fsp3) is 0.385. The van der Waals surface area contributed by atoms with Gasteiger partial charge in [-0.1, -0.05) is 18.6 Å². The van der Waals surface area contributed by atoms with E-state index >= 15 is 0 Å². The molecule has 0 aliphatic carbocycles. The molecule has 5 nitrogen and oxygen atoms in total. The Morgan fingerprint density at radius 1 is 1.06 bits per heavy atom. The monoisotopic (exact) mass is 251 g/mol. The maximum atomic E-state index is 10.9. The Morgan fingerprint density at radius 2 is 1.78 bits per heavy atom. The van der Waals surface area contributed by atoms with Gasteiger partial charge in [-0.2, -0.15) is 0 Å². The van der Waals surface area contributed by atoms with E-state index in [9.17, 15) is 9.59 Å². The minimum atomic E-state index is -0.955. The third-order valence-electron chi connectivity index (χ3n) is 2.54. The van der Waals surface area contributed by atoms with Crippen LogP contribution in [0.25, 0.3) is 0 Å². The molecular weight excluding hydrogens is 234 g/mol. The number of carboxylic acids is 2. The first-order valence-corrected chi connectivity index (χ1v) is 5.89. The maximum absolute atomic E-state index is 10.9. The average molecular weight is 251 g/mol. The molecule has 0 atom stereocenters. The molecule has 18 heavy (non-hydrogen) atoms. The van der Waals surface area contributed by atoms with Gasteiger partial charge >= 0.3 is 11.9 Å². The standard InChI is InChI=1S/C13H17NO4/c15-12(16)8-2-1-5-9-14-11-7-4-3-6-10(11)13(17)18/h3-4,6-7,14H,1-2,5,8-9H2,(H,15,16)(H,17,18). The number of para-hydroxylation sites is 1. The van der Waals surface area contributed by atoms with Crippen molar-refractivity contribution in [1.82, 2.24) is 0 Å². The third kappa shape index (κ3) is 4.86. The van der Waals surface area contributed by atoms with Crippen LogP contribution in [0.5, 0.6) is 0 Å². The van der Waals surface area contributed by atoms with Crippen molar-refractivity contribution in [2.45, 2.75) is 25.7 Å². The Kier molecular flexibility index (Phi) is 5.70. The van der Waals surface area contributed by atoms with E-state index in [0.29, 0.717) is 18.7 Å². The van der Waals surface area contributed by atoms with Crippen LogP contribution in [-0.2, 0) is 4.79 Å². The van der Waals surface area contributed by atoms with Gasteiger partial charge in [-0.15, -0.1) is 0 Å². The quantitative estimate of drug-likeness (QED) is 0.618. The van der Waals surface area contributed by atoms with Gasteiger partial charge in [-0.05, 0) is 25.0 Å². The SMILES string of the molecule is O=C(O)CCCCCNc1ccccc1C(=O)O. The van der Waals surface area contributed by atoms with Crippen molar-refractivity contribution >= 4 is 17.6 Å². The first-order valence-electron chi connectivity index (χ1n) is 5.89. The van der Waals surface area contributed by atoms with Gasteiger partial charge in [-0.25, -0.2) is 4.79 Å². The van der Waals surface area contributed by atoms with Gasteiger partial charge in [0, 0.05) is 18.7 Å². The molecule has 3 N–H and O–H groups in total. The van der Waals surface area contributed by atoms with E-state index in [-0.39, 0.29) is 12.0 Å². The summed E-state index contributed by atoms with van der Waals surface area (Å²) in [5, 5.41) is 20.5. The lowest BCUT2D eigenvalue weighted by molar-refractivity contribution is -0.137. The topological polar surface area (TPSA) is 86.6 Å². The van der Waals surface area contributed by atoms with Gasteiger partial charge in [0.05, 0.1) is 5.56 Å². The van der Waals surface area contributed by atoms with Crippen LogP contribution in [0, 0.1) is 0 Å². The average Bonchev–Trinajstić information content (AvgIpc) is 2.33. The molecule has 0 heterocycles. The van der Waals surface area contributed by atoms with Crippen molar-refractivity contribution in [2.75, 3.05) is 11.9 Å². The summed E-state index contributed by atoms with van der Waals surface area (Å²) in [5.41, 5.74) is 0.853. The second-order valence-electron chi connectivity index (χ2n) is 3.98. The number of rotatable bonds is 8. The Labute approximate surface area is 105 Å². The molecule has 1 aromatic rings. The predicted molar refractivity (Wildman–Crippen MR) is 68.0 cm³/mol. The zero-order valence-corrected chi connectivity index (χ0v) is 10.1. The summed E-state index contributed by atoms with van der Waals surface area (Å²) < 4.78 is 0. The summed E-state index contributed by atoms with van der Waals surface area (Å²) in [7, 11) is 0. The molecule has 0 unspecified atom stereocenters. The number of anilines is 1. The van der Waals surface area contributed by atoms with E-state index < -0.39 is 11.9 Å². The van der Waals surface area contributed by atoms with Gasteiger partial charge in [-0.3, -0.25) is 4.79 Å². The molecule has 0 bridgehead atoms. The highest BCUT2D eigenvalue weighted by atomic mass is 16.4. The molecule has 0 saturated carbocycles. The molecule has 98 valence electrons. The van der Waals surface area contributed by atoms with Gasteiger partial charge in [0.2, 0.25) is 0 Å². The first-order chi connectivity index (χ1) is 8.61. The Hall–Kier alpha value is -2.04. The number of unbranched alkanes of at least 4 members (excludes halogenated alkanes) is 2. The van der Waals surface area contributed by atoms with Crippen LogP contribution >= 0.6 is 0 Å². The normalized spacial score (nSPS) is 10.0. The highest BCUT2D eigenvalue weighted by Crippen LogP contribution is 2.15. The molecule has 1 rings (SSSR count). The van der Waals surface area contributed by atoms with Gasteiger partial charge in [0.15, 0.2) is 0 Å². The summed E-state index contributed by atoms with van der Waals surface area (Å²) in [6.45, 7) is 0.643. The second kappa shape index (κ2) is 7.32. The second-order valence-corrected chi connectivity index (χ2v) is 3.98. The zero-order valence-electron chi connectivity index (χ0n) is 10.1. The van der Waals surface area contributed by atoms with Gasteiger partial charge in [0.25, 0.3) is 0 Å². The number of aliphatic carboxylic acids is 1. The highest BCUT2D eigenvalue weighted by molar-refractivity contribution is 5.94. The van der Waals surface area contributed by atoms with E-state index in [4.69, 9.17) is 10.2 Å². The van der Waals surface area contributed by atoms with E-state index in [0.717, 1.165) is 12.8 Å². The summed E-state index contributed by atoms with van der Waals surface area (Å²) in [6, 6.07) is 6.73. The number of aromatic carboxylic acids is 1. The molecule has 0 spiro atoms. The highest BCUT2D eigenvalue weighted by Gasteiger charge is 2.07. The largest absolute Gasteiger partial charge is 0.481 e. The smallest absolute Gasteiger partial charge is 0.337 e. The summed E-state index contributed by atoms with van der Waals surface area (Å²) in [4.78, 5) is 21.2. The number of carbonyl (C=O) groups is 2. The molecule has 0 aliphatic rings. The first kappa shape index (κ1) is 14.0. The van der Waals surface area contributed by atoms with Crippen molar-refractivity contribution in [3.63, 3.8) is 0 Å². The number of benzene rings is 1. The molecule has 5 heteroatoms. The summed E-state index contributed by atoms with van der Waals surface area (Å²) >= 11 is 0. The number of nitrogens with one attached hydrogen (secondary N) is 1. The van der Waals surface area contributed by atoms with Crippen LogP contribution in [0.1, 0.15) is 36.0 Å². The van der Waals surface area contributed by atoms with E-state index in [1.807, 2.05) is 0 Å². The Balaban J connectivity index is 2.31. The van der Waals surface area contributed by atoms with E-state index in [2.05, 4.69) is 5.32 Å². The third-order valence-corrected chi connectivity index (χ3v) is 2.54.